The molecule has 3 nitrogen and oxygen atoms in total. The maximum Gasteiger partial charge on any atom is 0.0707 e. The molecular formula is C14H28N2O. The van der Waals surface area contributed by atoms with Gasteiger partial charge in [0.1, 0.15) is 0 Å². The van der Waals surface area contributed by atoms with Gasteiger partial charge in [0.15, 0.2) is 0 Å². The van der Waals surface area contributed by atoms with Crippen LogP contribution in [-0.4, -0.2) is 43.3 Å². The number of hydrogen-bond donors (Lipinski definition) is 1. The summed E-state index contributed by atoms with van der Waals surface area (Å²) in [5.41, 5.74) is 5.64. The summed E-state index contributed by atoms with van der Waals surface area (Å²) in [4.78, 5) is 2.59. The molecule has 0 aliphatic carbocycles. The standard InChI is InChI=1S/C14H28N2O/c1-11(2)12-5-7-16(8-6-12)10-14-4-3-13(9-15)17-14/h11-14H,3-10,15H2,1-2H3. The Bertz CT molecular complexity index is 224. The molecule has 100 valence electrons. The van der Waals surface area contributed by atoms with Crippen LogP contribution in [0.3, 0.4) is 0 Å². The third-order valence-corrected chi connectivity index (χ3v) is 4.50. The summed E-state index contributed by atoms with van der Waals surface area (Å²) in [7, 11) is 0. The van der Waals surface area contributed by atoms with Crippen molar-refractivity contribution >= 4 is 0 Å². The first kappa shape index (κ1) is 13.3. The van der Waals surface area contributed by atoms with Gasteiger partial charge in [-0.3, -0.25) is 0 Å². The molecule has 2 unspecified atom stereocenters. The number of nitrogens with two attached hydrogens (primary N) is 1. The zero-order valence-electron chi connectivity index (χ0n) is 11.4. The van der Waals surface area contributed by atoms with Crippen molar-refractivity contribution in [1.29, 1.82) is 0 Å². The molecule has 2 N–H and O–H groups in total. The van der Waals surface area contributed by atoms with Crippen molar-refractivity contribution in [3.63, 3.8) is 0 Å². The van der Waals surface area contributed by atoms with Gasteiger partial charge >= 0.3 is 0 Å². The van der Waals surface area contributed by atoms with Gasteiger partial charge in [-0.2, -0.15) is 0 Å². The lowest BCUT2D eigenvalue weighted by Crippen LogP contribution is -2.40. The van der Waals surface area contributed by atoms with Crippen LogP contribution in [0.15, 0.2) is 0 Å². The average molecular weight is 240 g/mol. The number of rotatable bonds is 4. The summed E-state index contributed by atoms with van der Waals surface area (Å²) in [6, 6.07) is 0. The molecule has 2 rings (SSSR count). The molecule has 0 aromatic rings. The fourth-order valence-corrected chi connectivity index (χ4v) is 3.18. The number of hydrogen-bond acceptors (Lipinski definition) is 3. The summed E-state index contributed by atoms with van der Waals surface area (Å²) >= 11 is 0. The first-order valence-electron chi connectivity index (χ1n) is 7.27. The summed E-state index contributed by atoms with van der Waals surface area (Å²) in [5, 5.41) is 0. The Morgan fingerprint density at radius 2 is 1.76 bits per heavy atom. The van der Waals surface area contributed by atoms with E-state index >= 15 is 0 Å². The number of piperidine rings is 1. The number of ether oxygens (including phenoxy) is 1. The lowest BCUT2D eigenvalue weighted by molar-refractivity contribution is 0.0181. The van der Waals surface area contributed by atoms with Crippen molar-refractivity contribution in [3.8, 4) is 0 Å². The number of likely N-dealkylation sites (tertiary alicyclic amines) is 1. The SMILES string of the molecule is CC(C)C1CCN(CC2CCC(CN)O2)CC1. The first-order valence-corrected chi connectivity index (χ1v) is 7.27. The zero-order valence-corrected chi connectivity index (χ0v) is 11.4. The van der Waals surface area contributed by atoms with E-state index < -0.39 is 0 Å². The number of nitrogens with zero attached hydrogens (tertiary/aromatic N) is 1. The van der Waals surface area contributed by atoms with Gasteiger partial charge in [-0.25, -0.2) is 0 Å². The average Bonchev–Trinajstić information content (AvgIpc) is 2.77. The van der Waals surface area contributed by atoms with Crippen molar-refractivity contribution in [2.24, 2.45) is 17.6 Å². The molecule has 0 spiro atoms. The van der Waals surface area contributed by atoms with E-state index in [9.17, 15) is 0 Å². The summed E-state index contributed by atoms with van der Waals surface area (Å²) in [6.07, 6.45) is 5.86. The van der Waals surface area contributed by atoms with Gasteiger partial charge in [0, 0.05) is 13.1 Å². The molecule has 2 saturated heterocycles. The molecule has 0 aromatic carbocycles. The van der Waals surface area contributed by atoms with Crippen molar-refractivity contribution in [1.82, 2.24) is 4.90 Å². The quantitative estimate of drug-likeness (QED) is 0.815. The van der Waals surface area contributed by atoms with E-state index in [0.717, 1.165) is 24.8 Å². The van der Waals surface area contributed by atoms with E-state index in [1.54, 1.807) is 0 Å². The van der Waals surface area contributed by atoms with Crippen LogP contribution in [0.1, 0.15) is 39.5 Å². The fraction of sp³-hybridized carbons (Fsp3) is 1.00. The minimum atomic E-state index is 0.327. The Morgan fingerprint density at radius 3 is 2.29 bits per heavy atom. The van der Waals surface area contributed by atoms with Gasteiger partial charge in [0.05, 0.1) is 12.2 Å². The second-order valence-corrected chi connectivity index (χ2v) is 6.08. The predicted octanol–water partition coefficient (Wildman–Crippen LogP) is 1.86. The molecule has 0 radical (unpaired) electrons. The third kappa shape index (κ3) is 3.67. The second kappa shape index (κ2) is 6.17. The highest BCUT2D eigenvalue weighted by Gasteiger charge is 2.28. The molecule has 2 heterocycles. The molecule has 17 heavy (non-hydrogen) atoms. The van der Waals surface area contributed by atoms with Gasteiger partial charge in [-0.05, 0) is 50.6 Å². The predicted molar refractivity (Wildman–Crippen MR) is 71.0 cm³/mol. The third-order valence-electron chi connectivity index (χ3n) is 4.50. The van der Waals surface area contributed by atoms with Crippen LogP contribution in [0.2, 0.25) is 0 Å². The highest BCUT2D eigenvalue weighted by Crippen LogP contribution is 2.26. The van der Waals surface area contributed by atoms with Gasteiger partial charge in [-0.15, -0.1) is 0 Å². The monoisotopic (exact) mass is 240 g/mol. The summed E-state index contributed by atoms with van der Waals surface area (Å²) in [5.74, 6) is 1.79. The van der Waals surface area contributed by atoms with Crippen molar-refractivity contribution in [3.05, 3.63) is 0 Å². The van der Waals surface area contributed by atoms with E-state index in [1.807, 2.05) is 0 Å². The highest BCUT2D eigenvalue weighted by molar-refractivity contribution is 4.80. The first-order chi connectivity index (χ1) is 8.19. The van der Waals surface area contributed by atoms with Crippen LogP contribution < -0.4 is 5.73 Å². The summed E-state index contributed by atoms with van der Waals surface area (Å²) < 4.78 is 5.92. The Hall–Kier alpha value is -0.120. The molecule has 0 amide bonds. The normalized spacial score (nSPS) is 32.5. The molecule has 0 saturated carbocycles. The van der Waals surface area contributed by atoms with Crippen LogP contribution in [0, 0.1) is 11.8 Å². The Balaban J connectivity index is 1.68. The van der Waals surface area contributed by atoms with Crippen LogP contribution in [0.4, 0.5) is 0 Å². The van der Waals surface area contributed by atoms with Crippen LogP contribution in [0.25, 0.3) is 0 Å². The zero-order chi connectivity index (χ0) is 12.3. The van der Waals surface area contributed by atoms with E-state index in [0.29, 0.717) is 18.8 Å². The maximum atomic E-state index is 5.92. The highest BCUT2D eigenvalue weighted by atomic mass is 16.5. The topological polar surface area (TPSA) is 38.5 Å². The smallest absolute Gasteiger partial charge is 0.0707 e. The van der Waals surface area contributed by atoms with Gasteiger partial charge in [0.2, 0.25) is 0 Å². The van der Waals surface area contributed by atoms with E-state index in [4.69, 9.17) is 10.5 Å². The van der Waals surface area contributed by atoms with Crippen molar-refractivity contribution in [2.75, 3.05) is 26.2 Å². The molecule has 0 aromatic heterocycles. The lowest BCUT2D eigenvalue weighted by Gasteiger charge is -2.35. The Morgan fingerprint density at radius 1 is 1.12 bits per heavy atom. The maximum absolute atomic E-state index is 5.92. The molecular weight excluding hydrogens is 212 g/mol. The fourth-order valence-electron chi connectivity index (χ4n) is 3.18. The van der Waals surface area contributed by atoms with Crippen LogP contribution in [-0.2, 0) is 4.74 Å². The molecule has 0 bridgehead atoms. The van der Waals surface area contributed by atoms with Crippen molar-refractivity contribution < 1.29 is 4.74 Å². The van der Waals surface area contributed by atoms with E-state index in [1.165, 1.54) is 32.4 Å². The minimum Gasteiger partial charge on any atom is -0.372 e. The molecule has 2 aliphatic rings. The largest absolute Gasteiger partial charge is 0.372 e. The van der Waals surface area contributed by atoms with Gasteiger partial charge in [0.25, 0.3) is 0 Å². The lowest BCUT2D eigenvalue weighted by atomic mass is 9.86. The van der Waals surface area contributed by atoms with Crippen molar-refractivity contribution in [2.45, 2.75) is 51.7 Å². The van der Waals surface area contributed by atoms with Crippen LogP contribution in [0.5, 0.6) is 0 Å². The second-order valence-electron chi connectivity index (χ2n) is 6.08. The minimum absolute atomic E-state index is 0.327. The van der Waals surface area contributed by atoms with Gasteiger partial charge in [-0.1, -0.05) is 13.8 Å². The molecule has 2 aliphatic heterocycles. The van der Waals surface area contributed by atoms with Gasteiger partial charge < -0.3 is 15.4 Å². The Labute approximate surface area is 106 Å². The summed E-state index contributed by atoms with van der Waals surface area (Å²) in [6.45, 7) is 9.04. The van der Waals surface area contributed by atoms with E-state index in [-0.39, 0.29) is 0 Å². The molecule has 3 heteroatoms. The van der Waals surface area contributed by atoms with E-state index in [2.05, 4.69) is 18.7 Å². The molecule has 2 atom stereocenters. The van der Waals surface area contributed by atoms with Crippen LogP contribution >= 0.6 is 0 Å². The molecule has 2 fully saturated rings. The Kier molecular flexibility index (Phi) is 4.83.